The Morgan fingerprint density at radius 3 is 2.47 bits per heavy atom. The molecular weight excluding hydrogens is 184 g/mol. The van der Waals surface area contributed by atoms with Crippen LogP contribution in [0.1, 0.15) is 46.5 Å². The molecule has 0 aliphatic heterocycles. The maximum atomic E-state index is 5.79. The molecule has 1 aliphatic rings. The number of nitrogens with one attached hydrogen (secondary N) is 1. The first-order valence-electron chi connectivity index (χ1n) is 6.42. The van der Waals surface area contributed by atoms with Gasteiger partial charge in [-0.15, -0.1) is 0 Å². The van der Waals surface area contributed by atoms with E-state index in [1.54, 1.807) is 0 Å². The van der Waals surface area contributed by atoms with Crippen LogP contribution in [0.2, 0.25) is 0 Å². The van der Waals surface area contributed by atoms with Gasteiger partial charge >= 0.3 is 0 Å². The fourth-order valence-electron chi connectivity index (χ4n) is 2.12. The first kappa shape index (κ1) is 13.0. The molecule has 0 heterocycles. The SMILES string of the molecule is CC(C)(C)CC(CN)CNCCC1CC1. The Bertz CT molecular complexity index is 168. The van der Waals surface area contributed by atoms with Crippen LogP contribution in [0.3, 0.4) is 0 Å². The zero-order valence-corrected chi connectivity index (χ0v) is 10.7. The van der Waals surface area contributed by atoms with Gasteiger partial charge in [0.2, 0.25) is 0 Å². The topological polar surface area (TPSA) is 38.0 Å². The summed E-state index contributed by atoms with van der Waals surface area (Å²) in [6.45, 7) is 9.97. The van der Waals surface area contributed by atoms with Crippen LogP contribution < -0.4 is 11.1 Å². The van der Waals surface area contributed by atoms with Gasteiger partial charge in [-0.25, -0.2) is 0 Å². The molecule has 2 nitrogen and oxygen atoms in total. The Balaban J connectivity index is 2.04. The van der Waals surface area contributed by atoms with Crippen LogP contribution in [-0.4, -0.2) is 19.6 Å². The lowest BCUT2D eigenvalue weighted by molar-refractivity contribution is 0.289. The van der Waals surface area contributed by atoms with E-state index in [9.17, 15) is 0 Å². The molecule has 0 aromatic rings. The van der Waals surface area contributed by atoms with Gasteiger partial charge in [-0.05, 0) is 49.7 Å². The molecule has 1 aliphatic carbocycles. The molecule has 0 aromatic heterocycles. The smallest absolute Gasteiger partial charge is 0.000826 e. The molecule has 1 rings (SSSR count). The minimum Gasteiger partial charge on any atom is -0.330 e. The van der Waals surface area contributed by atoms with Gasteiger partial charge in [-0.3, -0.25) is 0 Å². The fraction of sp³-hybridized carbons (Fsp3) is 1.00. The summed E-state index contributed by atoms with van der Waals surface area (Å²) < 4.78 is 0. The monoisotopic (exact) mass is 212 g/mol. The van der Waals surface area contributed by atoms with Crippen LogP contribution in [0.4, 0.5) is 0 Å². The summed E-state index contributed by atoms with van der Waals surface area (Å²) >= 11 is 0. The Morgan fingerprint density at radius 2 is 2.00 bits per heavy atom. The van der Waals surface area contributed by atoms with Gasteiger partial charge in [0.1, 0.15) is 0 Å². The minimum atomic E-state index is 0.405. The molecule has 0 radical (unpaired) electrons. The van der Waals surface area contributed by atoms with E-state index < -0.39 is 0 Å². The summed E-state index contributed by atoms with van der Waals surface area (Å²) in [5.41, 5.74) is 6.20. The van der Waals surface area contributed by atoms with Crippen molar-refractivity contribution in [3.8, 4) is 0 Å². The zero-order valence-electron chi connectivity index (χ0n) is 10.7. The summed E-state index contributed by atoms with van der Waals surface area (Å²) in [6.07, 6.45) is 5.51. The number of hydrogen-bond donors (Lipinski definition) is 2. The van der Waals surface area contributed by atoms with Crippen molar-refractivity contribution in [1.82, 2.24) is 5.32 Å². The Hall–Kier alpha value is -0.0800. The summed E-state index contributed by atoms with van der Waals surface area (Å²) in [7, 11) is 0. The first-order valence-corrected chi connectivity index (χ1v) is 6.42. The molecule has 1 saturated carbocycles. The van der Waals surface area contributed by atoms with E-state index in [0.29, 0.717) is 11.3 Å². The Kier molecular flexibility index (Phi) is 5.07. The second-order valence-electron chi connectivity index (χ2n) is 6.30. The van der Waals surface area contributed by atoms with Crippen molar-refractivity contribution in [3.05, 3.63) is 0 Å². The van der Waals surface area contributed by atoms with Gasteiger partial charge in [-0.2, -0.15) is 0 Å². The lowest BCUT2D eigenvalue weighted by Gasteiger charge is -2.25. The van der Waals surface area contributed by atoms with Gasteiger partial charge in [0, 0.05) is 0 Å². The predicted octanol–water partition coefficient (Wildman–Crippen LogP) is 2.39. The van der Waals surface area contributed by atoms with E-state index in [-0.39, 0.29) is 0 Å². The fourth-order valence-corrected chi connectivity index (χ4v) is 2.12. The van der Waals surface area contributed by atoms with Crippen molar-refractivity contribution in [3.63, 3.8) is 0 Å². The molecule has 1 atom stereocenters. The molecule has 0 amide bonds. The second-order valence-corrected chi connectivity index (χ2v) is 6.30. The average molecular weight is 212 g/mol. The van der Waals surface area contributed by atoms with E-state index in [4.69, 9.17) is 5.73 Å². The minimum absolute atomic E-state index is 0.405. The third kappa shape index (κ3) is 6.91. The second kappa shape index (κ2) is 5.86. The third-order valence-corrected chi connectivity index (χ3v) is 3.09. The van der Waals surface area contributed by atoms with Crippen LogP contribution in [0.5, 0.6) is 0 Å². The lowest BCUT2D eigenvalue weighted by atomic mass is 9.84. The van der Waals surface area contributed by atoms with Gasteiger partial charge < -0.3 is 11.1 Å². The highest BCUT2D eigenvalue weighted by molar-refractivity contribution is 4.75. The van der Waals surface area contributed by atoms with E-state index in [0.717, 1.165) is 19.0 Å². The summed E-state index contributed by atoms with van der Waals surface area (Å²) in [4.78, 5) is 0. The van der Waals surface area contributed by atoms with Crippen LogP contribution in [0, 0.1) is 17.3 Å². The van der Waals surface area contributed by atoms with Crippen molar-refractivity contribution >= 4 is 0 Å². The molecular formula is C13H28N2. The van der Waals surface area contributed by atoms with Crippen LogP contribution in [0.25, 0.3) is 0 Å². The highest BCUT2D eigenvalue weighted by atomic mass is 14.9. The molecule has 3 N–H and O–H groups in total. The lowest BCUT2D eigenvalue weighted by Crippen LogP contribution is -2.31. The molecule has 1 fully saturated rings. The van der Waals surface area contributed by atoms with Gasteiger partial charge in [0.25, 0.3) is 0 Å². The van der Waals surface area contributed by atoms with Crippen molar-refractivity contribution in [2.24, 2.45) is 23.0 Å². The van der Waals surface area contributed by atoms with Crippen molar-refractivity contribution in [1.29, 1.82) is 0 Å². The summed E-state index contributed by atoms with van der Waals surface area (Å²) in [5.74, 6) is 1.68. The highest BCUT2D eigenvalue weighted by Gasteiger charge is 2.21. The van der Waals surface area contributed by atoms with E-state index in [1.165, 1.54) is 32.2 Å². The van der Waals surface area contributed by atoms with Crippen LogP contribution >= 0.6 is 0 Å². The van der Waals surface area contributed by atoms with Crippen LogP contribution in [0.15, 0.2) is 0 Å². The van der Waals surface area contributed by atoms with E-state index in [2.05, 4.69) is 26.1 Å². The van der Waals surface area contributed by atoms with Crippen molar-refractivity contribution in [2.45, 2.75) is 46.5 Å². The maximum Gasteiger partial charge on any atom is -0.000826 e. The molecule has 0 aromatic carbocycles. The Morgan fingerprint density at radius 1 is 1.33 bits per heavy atom. The van der Waals surface area contributed by atoms with Crippen molar-refractivity contribution < 1.29 is 0 Å². The third-order valence-electron chi connectivity index (χ3n) is 3.09. The van der Waals surface area contributed by atoms with Crippen molar-refractivity contribution in [2.75, 3.05) is 19.6 Å². The normalized spacial score (nSPS) is 19.2. The quantitative estimate of drug-likeness (QED) is 0.636. The molecule has 0 saturated heterocycles. The summed E-state index contributed by atoms with van der Waals surface area (Å²) in [6, 6.07) is 0. The largest absolute Gasteiger partial charge is 0.330 e. The predicted molar refractivity (Wildman–Crippen MR) is 66.8 cm³/mol. The van der Waals surface area contributed by atoms with Gasteiger partial charge in [0.15, 0.2) is 0 Å². The van der Waals surface area contributed by atoms with E-state index in [1.807, 2.05) is 0 Å². The number of nitrogens with two attached hydrogens (primary N) is 1. The van der Waals surface area contributed by atoms with E-state index >= 15 is 0 Å². The first-order chi connectivity index (χ1) is 7.01. The molecule has 15 heavy (non-hydrogen) atoms. The Labute approximate surface area is 95.0 Å². The van der Waals surface area contributed by atoms with Gasteiger partial charge in [0.05, 0.1) is 0 Å². The molecule has 2 heteroatoms. The standard InChI is InChI=1S/C13H28N2/c1-13(2,3)8-12(9-14)10-15-7-6-11-4-5-11/h11-12,15H,4-10,14H2,1-3H3. The number of hydrogen-bond acceptors (Lipinski definition) is 2. The van der Waals surface area contributed by atoms with Crippen LogP contribution in [-0.2, 0) is 0 Å². The zero-order chi connectivity index (χ0) is 11.3. The highest BCUT2D eigenvalue weighted by Crippen LogP contribution is 2.31. The molecule has 0 spiro atoms. The molecule has 90 valence electrons. The average Bonchev–Trinajstić information content (AvgIpc) is 2.92. The number of rotatable bonds is 7. The summed E-state index contributed by atoms with van der Waals surface area (Å²) in [5, 5.41) is 3.55. The maximum absolute atomic E-state index is 5.79. The molecule has 1 unspecified atom stereocenters. The van der Waals surface area contributed by atoms with Gasteiger partial charge in [-0.1, -0.05) is 33.6 Å². The molecule has 0 bridgehead atoms.